The number of nitrogens with two attached hydrogens (primary N) is 1. The van der Waals surface area contributed by atoms with Gasteiger partial charge in [-0.3, -0.25) is 0 Å². The Labute approximate surface area is 149 Å². The summed E-state index contributed by atoms with van der Waals surface area (Å²) in [5.41, 5.74) is 5.56. The number of hydrogen-bond donors (Lipinski definition) is 2. The fraction of sp³-hybridized carbons (Fsp3) is 0.364. The minimum absolute atomic E-state index is 0.328. The van der Waals surface area contributed by atoms with Gasteiger partial charge < -0.3 is 15.0 Å². The Bertz CT molecular complexity index is 838. The molecule has 0 radical (unpaired) electrons. The number of aliphatic hydroxyl groups excluding tert-OH is 1. The molecule has 3 nitrogen and oxygen atoms in total. The van der Waals surface area contributed by atoms with Crippen LogP contribution in [0.5, 0.6) is 0 Å². The maximum atomic E-state index is 10.6. The van der Waals surface area contributed by atoms with Gasteiger partial charge in [-0.1, -0.05) is 48.5 Å². The Kier molecular flexibility index (Phi) is 4.86. The first kappa shape index (κ1) is 16.4. The van der Waals surface area contributed by atoms with Crippen LogP contribution in [0.3, 0.4) is 0 Å². The quantitative estimate of drug-likeness (QED) is 0.714. The predicted molar refractivity (Wildman–Crippen MR) is 102 cm³/mol. The predicted octanol–water partition coefficient (Wildman–Crippen LogP) is 2.64. The molecule has 3 heteroatoms. The van der Waals surface area contributed by atoms with Crippen LogP contribution in [-0.4, -0.2) is 22.3 Å². The van der Waals surface area contributed by atoms with Gasteiger partial charge in [0.2, 0.25) is 0 Å². The summed E-state index contributed by atoms with van der Waals surface area (Å²) in [7, 11) is 0. The van der Waals surface area contributed by atoms with Crippen molar-refractivity contribution in [1.82, 2.24) is 4.57 Å². The monoisotopic (exact) mass is 335 g/mol. The second-order valence-electron chi connectivity index (χ2n) is 7.13. The van der Waals surface area contributed by atoms with Gasteiger partial charge in [-0.25, -0.2) is 0 Å². The maximum Gasteiger partial charge on any atom is 0.121 e. The molecule has 1 heterocycles. The molecule has 4 rings (SSSR count). The lowest BCUT2D eigenvalue weighted by Gasteiger charge is -2.18. The second kappa shape index (κ2) is 7.42. The van der Waals surface area contributed by atoms with E-state index in [4.69, 9.17) is 0 Å². The summed E-state index contributed by atoms with van der Waals surface area (Å²) in [6.07, 6.45) is 4.54. The minimum Gasteiger partial charge on any atom is -0.385 e. The normalized spacial score (nSPS) is 15.2. The van der Waals surface area contributed by atoms with Crippen LogP contribution in [0.25, 0.3) is 10.9 Å². The first-order valence-corrected chi connectivity index (χ1v) is 9.45. The van der Waals surface area contributed by atoms with Crippen molar-refractivity contribution in [3.63, 3.8) is 0 Å². The molecule has 130 valence electrons. The van der Waals surface area contributed by atoms with Crippen molar-refractivity contribution in [2.45, 2.75) is 44.9 Å². The van der Waals surface area contributed by atoms with Crippen molar-refractivity contribution < 1.29 is 10.4 Å². The molecule has 3 aromatic rings. The molecule has 1 aliphatic rings. The van der Waals surface area contributed by atoms with Gasteiger partial charge in [-0.15, -0.1) is 0 Å². The number of benzene rings is 2. The van der Waals surface area contributed by atoms with Crippen molar-refractivity contribution in [1.29, 1.82) is 0 Å². The molecule has 1 aromatic heterocycles. The first-order valence-electron chi connectivity index (χ1n) is 9.45. The van der Waals surface area contributed by atoms with Crippen LogP contribution < -0.4 is 5.32 Å². The Morgan fingerprint density at radius 2 is 1.72 bits per heavy atom. The summed E-state index contributed by atoms with van der Waals surface area (Å²) in [6.45, 7) is 2.35. The smallest absolute Gasteiger partial charge is 0.121 e. The fourth-order valence-electron chi connectivity index (χ4n) is 4.14. The molecular weight excluding hydrogens is 308 g/mol. The Balaban J connectivity index is 1.47. The zero-order chi connectivity index (χ0) is 17.1. The van der Waals surface area contributed by atoms with E-state index in [1.165, 1.54) is 47.0 Å². The standard InChI is InChI=1S/C22H26N2O/c25-18(15-23-14-17-8-2-1-3-9-17)16-24-21-12-6-4-10-19(21)20-11-5-7-13-22(20)24/h1-4,6,8-10,12,18,23,25H,5,7,11,13-16H2/p+1. The van der Waals surface area contributed by atoms with Crippen LogP contribution in [0.4, 0.5) is 0 Å². The van der Waals surface area contributed by atoms with Gasteiger partial charge in [0, 0.05) is 22.2 Å². The van der Waals surface area contributed by atoms with Gasteiger partial charge in [0.05, 0.1) is 6.54 Å². The van der Waals surface area contributed by atoms with Gasteiger partial charge in [0.25, 0.3) is 0 Å². The SMILES string of the molecule is OC(C[NH2+]Cc1ccccc1)Cn1c2c(c3ccccc31)CCCC2. The van der Waals surface area contributed by atoms with E-state index in [2.05, 4.69) is 58.4 Å². The third-order valence-corrected chi connectivity index (χ3v) is 5.34. The Hall–Kier alpha value is -2.10. The third kappa shape index (κ3) is 3.48. The fourth-order valence-corrected chi connectivity index (χ4v) is 4.14. The van der Waals surface area contributed by atoms with Gasteiger partial charge in [-0.2, -0.15) is 0 Å². The molecule has 2 aromatic carbocycles. The highest BCUT2D eigenvalue weighted by molar-refractivity contribution is 5.85. The van der Waals surface area contributed by atoms with Crippen molar-refractivity contribution in [2.24, 2.45) is 0 Å². The number of hydrogen-bond acceptors (Lipinski definition) is 1. The van der Waals surface area contributed by atoms with E-state index in [1.807, 2.05) is 6.07 Å². The summed E-state index contributed by atoms with van der Waals surface area (Å²) in [4.78, 5) is 0. The van der Waals surface area contributed by atoms with E-state index in [0.717, 1.165) is 19.5 Å². The van der Waals surface area contributed by atoms with Crippen LogP contribution in [0.2, 0.25) is 0 Å². The topological polar surface area (TPSA) is 41.8 Å². The van der Waals surface area contributed by atoms with E-state index in [1.54, 1.807) is 0 Å². The number of para-hydroxylation sites is 1. The van der Waals surface area contributed by atoms with Gasteiger partial charge in [0.1, 0.15) is 19.2 Å². The van der Waals surface area contributed by atoms with Crippen molar-refractivity contribution in [2.75, 3.05) is 6.54 Å². The molecule has 0 amide bonds. The van der Waals surface area contributed by atoms with Crippen LogP contribution in [0, 0.1) is 0 Å². The molecule has 1 unspecified atom stereocenters. The molecule has 0 fully saturated rings. The van der Waals surface area contributed by atoms with E-state index in [0.29, 0.717) is 6.54 Å². The number of quaternary nitrogens is 1. The number of fused-ring (bicyclic) bond motifs is 3. The zero-order valence-corrected chi connectivity index (χ0v) is 14.7. The molecule has 1 aliphatic carbocycles. The van der Waals surface area contributed by atoms with Crippen LogP contribution >= 0.6 is 0 Å². The molecular formula is C22H27N2O+. The van der Waals surface area contributed by atoms with Gasteiger partial charge >= 0.3 is 0 Å². The molecule has 0 bridgehead atoms. The Morgan fingerprint density at radius 3 is 2.60 bits per heavy atom. The second-order valence-corrected chi connectivity index (χ2v) is 7.13. The molecule has 0 saturated carbocycles. The van der Waals surface area contributed by atoms with Gasteiger partial charge in [0.15, 0.2) is 0 Å². The summed E-state index contributed by atoms with van der Waals surface area (Å²) >= 11 is 0. The molecule has 0 saturated heterocycles. The van der Waals surface area contributed by atoms with Crippen molar-refractivity contribution in [3.8, 4) is 0 Å². The number of aromatic nitrogens is 1. The highest BCUT2D eigenvalue weighted by atomic mass is 16.3. The molecule has 0 spiro atoms. The lowest BCUT2D eigenvalue weighted by Crippen LogP contribution is -2.85. The van der Waals surface area contributed by atoms with Gasteiger partial charge in [-0.05, 0) is 37.3 Å². The highest BCUT2D eigenvalue weighted by Gasteiger charge is 2.21. The van der Waals surface area contributed by atoms with Crippen molar-refractivity contribution in [3.05, 3.63) is 71.4 Å². The summed E-state index contributed by atoms with van der Waals surface area (Å²) < 4.78 is 2.38. The number of aliphatic hydroxyl groups is 1. The first-order chi connectivity index (χ1) is 12.3. The van der Waals surface area contributed by atoms with Crippen molar-refractivity contribution >= 4 is 10.9 Å². The number of rotatable bonds is 6. The number of aryl methyl sites for hydroxylation is 1. The summed E-state index contributed by atoms with van der Waals surface area (Å²) in [5.74, 6) is 0. The molecule has 25 heavy (non-hydrogen) atoms. The minimum atomic E-state index is -0.328. The third-order valence-electron chi connectivity index (χ3n) is 5.34. The molecule has 0 aliphatic heterocycles. The summed E-state index contributed by atoms with van der Waals surface area (Å²) in [5, 5.41) is 14.2. The van der Waals surface area contributed by atoms with Crippen LogP contribution in [0.15, 0.2) is 54.6 Å². The Morgan fingerprint density at radius 1 is 0.960 bits per heavy atom. The summed E-state index contributed by atoms with van der Waals surface area (Å²) in [6, 6.07) is 19.1. The average Bonchev–Trinajstić information content (AvgIpc) is 2.97. The maximum absolute atomic E-state index is 10.6. The average molecular weight is 335 g/mol. The van der Waals surface area contributed by atoms with E-state index < -0.39 is 0 Å². The van der Waals surface area contributed by atoms with Crippen LogP contribution in [-0.2, 0) is 25.9 Å². The van der Waals surface area contributed by atoms with E-state index >= 15 is 0 Å². The lowest BCUT2D eigenvalue weighted by atomic mass is 9.95. The van der Waals surface area contributed by atoms with Crippen LogP contribution in [0.1, 0.15) is 29.7 Å². The highest BCUT2D eigenvalue weighted by Crippen LogP contribution is 2.32. The molecule has 3 N–H and O–H groups in total. The molecule has 1 atom stereocenters. The lowest BCUT2D eigenvalue weighted by molar-refractivity contribution is -0.676. The zero-order valence-electron chi connectivity index (χ0n) is 14.7. The van der Waals surface area contributed by atoms with E-state index in [9.17, 15) is 5.11 Å². The largest absolute Gasteiger partial charge is 0.385 e. The van der Waals surface area contributed by atoms with E-state index in [-0.39, 0.29) is 6.10 Å². The number of nitrogens with zero attached hydrogens (tertiary/aromatic N) is 1.